The minimum absolute atomic E-state index is 0.0343. The van der Waals surface area contributed by atoms with Crippen molar-refractivity contribution < 1.29 is 42.6 Å². The molecule has 31 heavy (non-hydrogen) atoms. The Labute approximate surface area is 174 Å². The highest BCUT2D eigenvalue weighted by molar-refractivity contribution is 6.02. The molecule has 0 bridgehead atoms. The molecule has 3 N–H and O–H groups in total. The standard InChI is InChI=1S/C17H19N3O4.C2HF3O2/c21-15-8(3-4-19(15)11-1-2-11)5-9-6-10-7-18-12-13(10)20(16(12)22)14(9)17(23)24;3-2(4,5)1(6)7/h5,10-13,18H,1-4,6-7H2,(H,23,24);(H,6,7)/b8-5+;/t10-,12+,13-;/m1./s1. The van der Waals surface area contributed by atoms with E-state index in [2.05, 4.69) is 5.32 Å². The zero-order valence-electron chi connectivity index (χ0n) is 16.2. The van der Waals surface area contributed by atoms with E-state index in [-0.39, 0.29) is 35.5 Å². The molecule has 0 radical (unpaired) electrons. The molecule has 0 aromatic rings. The zero-order valence-corrected chi connectivity index (χ0v) is 16.2. The van der Waals surface area contributed by atoms with Gasteiger partial charge in [0.2, 0.25) is 11.8 Å². The van der Waals surface area contributed by atoms with Crippen LogP contribution in [0.3, 0.4) is 0 Å². The van der Waals surface area contributed by atoms with Crippen molar-refractivity contribution in [1.82, 2.24) is 15.1 Å². The van der Waals surface area contributed by atoms with Gasteiger partial charge in [-0.15, -0.1) is 0 Å². The van der Waals surface area contributed by atoms with E-state index in [9.17, 15) is 32.7 Å². The van der Waals surface area contributed by atoms with Gasteiger partial charge in [-0.2, -0.15) is 13.2 Å². The molecular weight excluding hydrogens is 423 g/mol. The summed E-state index contributed by atoms with van der Waals surface area (Å²) in [7, 11) is 0. The van der Waals surface area contributed by atoms with Crippen LogP contribution < -0.4 is 5.32 Å². The highest BCUT2D eigenvalue weighted by Gasteiger charge is 2.59. The van der Waals surface area contributed by atoms with Crippen LogP contribution in [0.2, 0.25) is 0 Å². The van der Waals surface area contributed by atoms with Gasteiger partial charge in [-0.3, -0.25) is 14.5 Å². The van der Waals surface area contributed by atoms with Crippen molar-refractivity contribution in [2.75, 3.05) is 13.1 Å². The van der Waals surface area contributed by atoms with E-state index >= 15 is 0 Å². The van der Waals surface area contributed by atoms with Crippen LogP contribution in [0.5, 0.6) is 0 Å². The number of amides is 2. The summed E-state index contributed by atoms with van der Waals surface area (Å²) in [6, 6.07) is 0.119. The molecule has 4 fully saturated rings. The number of carboxylic acids is 2. The van der Waals surface area contributed by atoms with E-state index in [0.717, 1.165) is 25.9 Å². The molecule has 4 heterocycles. The second-order valence-electron chi connectivity index (χ2n) is 8.18. The molecule has 0 spiro atoms. The van der Waals surface area contributed by atoms with Crippen LogP contribution in [0, 0.1) is 5.92 Å². The average molecular weight is 443 g/mol. The van der Waals surface area contributed by atoms with E-state index in [1.165, 1.54) is 4.90 Å². The molecule has 3 atom stereocenters. The summed E-state index contributed by atoms with van der Waals surface area (Å²) in [5.74, 6) is -3.73. The molecule has 5 aliphatic rings. The molecular formula is C19H20F3N3O6. The Balaban J connectivity index is 0.000000289. The Morgan fingerprint density at radius 2 is 1.81 bits per heavy atom. The summed E-state index contributed by atoms with van der Waals surface area (Å²) in [5, 5.41) is 19.9. The number of aliphatic carboxylic acids is 2. The van der Waals surface area contributed by atoms with E-state index in [1.807, 2.05) is 4.90 Å². The van der Waals surface area contributed by atoms with Crippen molar-refractivity contribution in [3.63, 3.8) is 0 Å². The monoisotopic (exact) mass is 443 g/mol. The second kappa shape index (κ2) is 7.36. The molecule has 0 aromatic carbocycles. The number of alkyl halides is 3. The maximum Gasteiger partial charge on any atom is 0.490 e. The number of nitrogens with one attached hydrogen (secondary N) is 1. The number of likely N-dealkylation sites (tertiary alicyclic amines) is 1. The van der Waals surface area contributed by atoms with Gasteiger partial charge in [-0.25, -0.2) is 9.59 Å². The smallest absolute Gasteiger partial charge is 0.477 e. The number of rotatable bonds is 3. The van der Waals surface area contributed by atoms with Gasteiger partial charge < -0.3 is 20.4 Å². The maximum absolute atomic E-state index is 12.5. The molecule has 3 saturated heterocycles. The van der Waals surface area contributed by atoms with E-state index in [0.29, 0.717) is 30.0 Å². The number of hydrogen-bond donors (Lipinski definition) is 3. The lowest BCUT2D eigenvalue weighted by atomic mass is 9.79. The van der Waals surface area contributed by atoms with Crippen LogP contribution in [-0.4, -0.2) is 81.2 Å². The average Bonchev–Trinajstić information content (AvgIpc) is 3.34. The number of allylic oxidation sites excluding steroid dienone is 2. The van der Waals surface area contributed by atoms with E-state index < -0.39 is 18.1 Å². The van der Waals surface area contributed by atoms with Gasteiger partial charge in [0.05, 0.1) is 6.04 Å². The molecule has 1 saturated carbocycles. The number of carbonyl (C=O) groups is 4. The highest BCUT2D eigenvalue weighted by Crippen LogP contribution is 2.44. The van der Waals surface area contributed by atoms with Gasteiger partial charge in [0.15, 0.2) is 0 Å². The van der Waals surface area contributed by atoms with Crippen LogP contribution in [0.15, 0.2) is 22.9 Å². The summed E-state index contributed by atoms with van der Waals surface area (Å²) < 4.78 is 31.7. The predicted octanol–water partition coefficient (Wildman–Crippen LogP) is 0.482. The molecule has 168 valence electrons. The number of carbonyl (C=O) groups excluding carboxylic acids is 2. The number of halogens is 3. The normalized spacial score (nSPS) is 30.8. The topological polar surface area (TPSA) is 127 Å². The largest absolute Gasteiger partial charge is 0.490 e. The molecule has 4 aliphatic heterocycles. The lowest BCUT2D eigenvalue weighted by Gasteiger charge is -2.48. The fourth-order valence-corrected chi connectivity index (χ4v) is 4.67. The quantitative estimate of drug-likeness (QED) is 0.428. The summed E-state index contributed by atoms with van der Waals surface area (Å²) >= 11 is 0. The van der Waals surface area contributed by atoms with Crippen molar-refractivity contribution in [3.8, 4) is 0 Å². The fraction of sp³-hybridized carbons (Fsp3) is 0.579. The lowest BCUT2D eigenvalue weighted by molar-refractivity contribution is -0.192. The van der Waals surface area contributed by atoms with Gasteiger partial charge in [0, 0.05) is 24.7 Å². The van der Waals surface area contributed by atoms with E-state index in [4.69, 9.17) is 9.90 Å². The third-order valence-electron chi connectivity index (χ3n) is 6.19. The van der Waals surface area contributed by atoms with Crippen molar-refractivity contribution >= 4 is 23.8 Å². The first-order valence-corrected chi connectivity index (χ1v) is 9.85. The summed E-state index contributed by atoms with van der Waals surface area (Å²) in [6.07, 6.45) is 0.0835. The molecule has 1 aliphatic carbocycles. The first-order valence-electron chi connectivity index (χ1n) is 9.85. The third kappa shape index (κ3) is 3.68. The highest BCUT2D eigenvalue weighted by atomic mass is 19.4. The maximum atomic E-state index is 12.5. The van der Waals surface area contributed by atoms with Crippen molar-refractivity contribution in [1.29, 1.82) is 0 Å². The number of carboxylic acid groups (broad SMARTS) is 2. The Morgan fingerprint density at radius 1 is 1.16 bits per heavy atom. The first-order chi connectivity index (χ1) is 14.5. The van der Waals surface area contributed by atoms with Crippen LogP contribution in [0.1, 0.15) is 25.7 Å². The SMILES string of the molecule is O=C(O)C(F)(F)F.O=C(O)C1=C(/C=C2\CCN(C3CC3)C2=O)C[C@@H]2CN[C@@H]3C(=O)N1[C@H]23. The number of nitrogens with zero attached hydrogens (tertiary/aromatic N) is 2. The molecule has 12 heteroatoms. The summed E-state index contributed by atoms with van der Waals surface area (Å²) in [6.45, 7) is 1.45. The second-order valence-corrected chi connectivity index (χ2v) is 8.18. The van der Waals surface area contributed by atoms with Crippen LogP contribution in [0.4, 0.5) is 13.2 Å². The van der Waals surface area contributed by atoms with Gasteiger partial charge >= 0.3 is 18.1 Å². The molecule has 9 nitrogen and oxygen atoms in total. The first kappa shape index (κ1) is 21.3. The molecule has 2 amide bonds. The Bertz CT molecular complexity index is 923. The Kier molecular flexibility index (Phi) is 5.07. The minimum Gasteiger partial charge on any atom is -0.477 e. The summed E-state index contributed by atoms with van der Waals surface area (Å²) in [4.78, 5) is 48.8. The van der Waals surface area contributed by atoms with Crippen LogP contribution >= 0.6 is 0 Å². The Morgan fingerprint density at radius 3 is 2.35 bits per heavy atom. The minimum atomic E-state index is -5.08. The van der Waals surface area contributed by atoms with Crippen molar-refractivity contribution in [2.24, 2.45) is 5.92 Å². The van der Waals surface area contributed by atoms with Crippen LogP contribution in [0.25, 0.3) is 0 Å². The third-order valence-corrected chi connectivity index (χ3v) is 6.19. The van der Waals surface area contributed by atoms with Crippen molar-refractivity contribution in [2.45, 2.75) is 50.0 Å². The fourth-order valence-electron chi connectivity index (χ4n) is 4.67. The van der Waals surface area contributed by atoms with Crippen molar-refractivity contribution in [3.05, 3.63) is 22.9 Å². The van der Waals surface area contributed by atoms with Gasteiger partial charge in [-0.1, -0.05) is 0 Å². The molecule has 5 rings (SSSR count). The zero-order chi connectivity index (χ0) is 22.7. The van der Waals surface area contributed by atoms with Gasteiger partial charge in [-0.05, 0) is 43.3 Å². The lowest BCUT2D eigenvalue weighted by Crippen LogP contribution is -2.68. The predicted molar refractivity (Wildman–Crippen MR) is 96.3 cm³/mol. The van der Waals surface area contributed by atoms with Crippen LogP contribution in [-0.2, 0) is 19.2 Å². The van der Waals surface area contributed by atoms with Gasteiger partial charge in [0.1, 0.15) is 11.7 Å². The number of hydrogen-bond acceptors (Lipinski definition) is 5. The molecule has 0 aromatic heterocycles. The Hall–Kier alpha value is -2.89. The molecule has 0 unspecified atom stereocenters. The van der Waals surface area contributed by atoms with Gasteiger partial charge in [0.25, 0.3) is 0 Å². The number of β-lactam (4-membered cyclic amide) rings is 1. The summed E-state index contributed by atoms with van der Waals surface area (Å²) in [5.41, 5.74) is 1.39. The van der Waals surface area contributed by atoms with E-state index in [1.54, 1.807) is 6.08 Å².